The summed E-state index contributed by atoms with van der Waals surface area (Å²) in [6.45, 7) is 6.55. The first kappa shape index (κ1) is 25.6. The zero-order chi connectivity index (χ0) is 26.8. The fraction of sp³-hybridized carbons (Fsp3) is 0.233. The molecule has 1 fully saturated rings. The van der Waals surface area contributed by atoms with E-state index in [1.165, 1.54) is 12.1 Å². The molecule has 2 aromatic carbocycles. The summed E-state index contributed by atoms with van der Waals surface area (Å²) in [5.41, 5.74) is 6.80. The molecule has 1 aliphatic heterocycles. The maximum absolute atomic E-state index is 13.6. The first-order chi connectivity index (χ1) is 18.3. The third-order valence-corrected chi connectivity index (χ3v) is 7.34. The van der Waals surface area contributed by atoms with Crippen molar-refractivity contribution < 1.29 is 9.18 Å². The summed E-state index contributed by atoms with van der Waals surface area (Å²) in [6, 6.07) is 21.9. The summed E-state index contributed by atoms with van der Waals surface area (Å²) in [4.78, 5) is 19.5. The van der Waals surface area contributed by atoms with Gasteiger partial charge in [-0.05, 0) is 93.1 Å². The lowest BCUT2D eigenvalue weighted by Gasteiger charge is -2.28. The van der Waals surface area contributed by atoms with E-state index in [1.807, 2.05) is 56.3 Å². The summed E-state index contributed by atoms with van der Waals surface area (Å²) in [6.07, 6.45) is 2.05. The van der Waals surface area contributed by atoms with E-state index in [2.05, 4.69) is 38.1 Å². The molecule has 38 heavy (non-hydrogen) atoms. The van der Waals surface area contributed by atoms with E-state index in [-0.39, 0.29) is 30.2 Å². The molecule has 4 aromatic rings. The molecular weight excluding hydrogens is 497 g/mol. The van der Waals surface area contributed by atoms with E-state index in [0.29, 0.717) is 11.7 Å². The van der Waals surface area contributed by atoms with Crippen LogP contribution < -0.4 is 10.6 Å². The number of hydrogen-bond acceptors (Lipinski definition) is 3. The predicted octanol–water partition coefficient (Wildman–Crippen LogP) is 5.94. The smallest absolute Gasteiger partial charge is 0.226 e. The molecular formula is C30H30FN5OS. The molecule has 3 heterocycles. The average molecular weight is 528 g/mol. The Morgan fingerprint density at radius 1 is 1.05 bits per heavy atom. The highest BCUT2D eigenvalue weighted by Gasteiger charge is 2.41. The number of nitrogens with zero attached hydrogens (tertiary/aromatic N) is 3. The van der Waals surface area contributed by atoms with Crippen molar-refractivity contribution in [2.24, 2.45) is 0 Å². The van der Waals surface area contributed by atoms with Crippen molar-refractivity contribution in [3.63, 3.8) is 0 Å². The van der Waals surface area contributed by atoms with Crippen molar-refractivity contribution in [1.29, 1.82) is 0 Å². The monoisotopic (exact) mass is 527 g/mol. The molecule has 194 valence electrons. The highest BCUT2D eigenvalue weighted by Crippen LogP contribution is 2.41. The lowest BCUT2D eigenvalue weighted by atomic mass is 9.96. The van der Waals surface area contributed by atoms with Crippen LogP contribution in [0.2, 0.25) is 0 Å². The van der Waals surface area contributed by atoms with Gasteiger partial charge in [-0.15, -0.1) is 0 Å². The summed E-state index contributed by atoms with van der Waals surface area (Å²) in [5.74, 6) is -0.347. The van der Waals surface area contributed by atoms with Crippen molar-refractivity contribution in [1.82, 2.24) is 19.8 Å². The first-order valence-corrected chi connectivity index (χ1v) is 13.0. The minimum absolute atomic E-state index is 0.0755. The zero-order valence-electron chi connectivity index (χ0n) is 21.6. The Bertz CT molecular complexity index is 1450. The summed E-state index contributed by atoms with van der Waals surface area (Å²) < 4.78 is 15.7. The van der Waals surface area contributed by atoms with Gasteiger partial charge in [-0.25, -0.2) is 4.39 Å². The van der Waals surface area contributed by atoms with Crippen LogP contribution in [-0.4, -0.2) is 32.0 Å². The second kappa shape index (κ2) is 10.8. The molecule has 0 unspecified atom stereocenters. The Morgan fingerprint density at radius 3 is 2.47 bits per heavy atom. The highest BCUT2D eigenvalue weighted by atomic mass is 32.1. The van der Waals surface area contributed by atoms with E-state index in [4.69, 9.17) is 12.2 Å². The molecule has 5 rings (SSSR count). The molecule has 2 N–H and O–H groups in total. The van der Waals surface area contributed by atoms with Gasteiger partial charge in [0.25, 0.3) is 0 Å². The number of aromatic nitrogens is 2. The average Bonchev–Trinajstić information content (AvgIpc) is 3.39. The second-order valence-electron chi connectivity index (χ2n) is 9.62. The molecule has 2 aromatic heterocycles. The molecule has 0 saturated carbocycles. The quantitative estimate of drug-likeness (QED) is 0.292. The van der Waals surface area contributed by atoms with Crippen LogP contribution in [0.3, 0.4) is 0 Å². The Kier molecular flexibility index (Phi) is 7.24. The van der Waals surface area contributed by atoms with Gasteiger partial charge >= 0.3 is 0 Å². The lowest BCUT2D eigenvalue weighted by molar-refractivity contribution is -0.116. The van der Waals surface area contributed by atoms with Gasteiger partial charge in [0.05, 0.1) is 17.8 Å². The zero-order valence-corrected chi connectivity index (χ0v) is 22.4. The summed E-state index contributed by atoms with van der Waals surface area (Å²) in [7, 11) is 0. The molecule has 0 spiro atoms. The largest absolute Gasteiger partial charge is 0.352 e. The van der Waals surface area contributed by atoms with Gasteiger partial charge in [0.15, 0.2) is 5.11 Å². The van der Waals surface area contributed by atoms with Crippen molar-refractivity contribution in [3.8, 4) is 5.69 Å². The van der Waals surface area contributed by atoms with Gasteiger partial charge in [0.2, 0.25) is 5.91 Å². The van der Waals surface area contributed by atoms with Gasteiger partial charge in [-0.2, -0.15) is 0 Å². The van der Waals surface area contributed by atoms with Crippen LogP contribution in [0.1, 0.15) is 46.7 Å². The topological polar surface area (TPSA) is 62.2 Å². The van der Waals surface area contributed by atoms with Crippen LogP contribution >= 0.6 is 12.2 Å². The molecule has 2 atom stereocenters. The Labute approximate surface area is 227 Å². The number of amides is 1. The Balaban J connectivity index is 1.46. The number of aryl methyl sites for hydroxylation is 2. The number of anilines is 1. The summed E-state index contributed by atoms with van der Waals surface area (Å²) in [5, 5.41) is 7.02. The number of carbonyl (C=O) groups excluding carboxylic acids is 1. The maximum Gasteiger partial charge on any atom is 0.226 e. The molecule has 1 aliphatic rings. The van der Waals surface area contributed by atoms with Gasteiger partial charge in [0.1, 0.15) is 5.82 Å². The van der Waals surface area contributed by atoms with Crippen LogP contribution in [0.25, 0.3) is 5.69 Å². The first-order valence-electron chi connectivity index (χ1n) is 12.6. The van der Waals surface area contributed by atoms with Crippen LogP contribution in [-0.2, 0) is 4.79 Å². The standard InChI is InChI=1S/C30H30FN5OS/c1-19-7-11-23(12-8-19)33-27(37)15-17-35-29(28(34-30(35)38)26-6-4-5-16-32-26)25-18-20(2)36(21(25)3)24-13-9-22(31)10-14-24/h4-14,16,18,28-29H,15,17H2,1-3H3,(H,33,37)(H,34,38)/t28-,29+/m0/s1. The number of carbonyl (C=O) groups is 1. The van der Waals surface area contributed by atoms with Crippen LogP contribution in [0.5, 0.6) is 0 Å². The van der Waals surface area contributed by atoms with Crippen molar-refractivity contribution in [3.05, 3.63) is 113 Å². The molecule has 1 saturated heterocycles. The molecule has 1 amide bonds. The maximum atomic E-state index is 13.6. The number of hydrogen-bond donors (Lipinski definition) is 2. The normalized spacial score (nSPS) is 16.9. The fourth-order valence-corrected chi connectivity index (χ4v) is 5.47. The second-order valence-corrected chi connectivity index (χ2v) is 10.0. The van der Waals surface area contributed by atoms with Gasteiger partial charge in [0, 0.05) is 41.9 Å². The van der Waals surface area contributed by atoms with Crippen molar-refractivity contribution in [2.45, 2.75) is 39.3 Å². The number of benzene rings is 2. The Hall–Kier alpha value is -4.04. The Morgan fingerprint density at radius 2 is 1.79 bits per heavy atom. The van der Waals surface area contributed by atoms with E-state index in [0.717, 1.165) is 39.6 Å². The molecule has 0 radical (unpaired) electrons. The molecule has 0 aliphatic carbocycles. The minimum atomic E-state index is -0.271. The van der Waals surface area contributed by atoms with Crippen molar-refractivity contribution >= 4 is 28.9 Å². The van der Waals surface area contributed by atoms with Crippen LogP contribution in [0, 0.1) is 26.6 Å². The number of pyridine rings is 1. The third kappa shape index (κ3) is 5.17. The third-order valence-electron chi connectivity index (χ3n) is 6.99. The minimum Gasteiger partial charge on any atom is -0.352 e. The van der Waals surface area contributed by atoms with Gasteiger partial charge < -0.3 is 20.1 Å². The van der Waals surface area contributed by atoms with E-state index >= 15 is 0 Å². The molecule has 0 bridgehead atoms. The van der Waals surface area contributed by atoms with Gasteiger partial charge in [-0.1, -0.05) is 23.8 Å². The van der Waals surface area contributed by atoms with Crippen LogP contribution in [0.15, 0.2) is 79.0 Å². The number of thiocarbonyl (C=S) groups is 1. The van der Waals surface area contributed by atoms with Gasteiger partial charge in [-0.3, -0.25) is 9.78 Å². The fourth-order valence-electron chi connectivity index (χ4n) is 5.14. The predicted molar refractivity (Wildman–Crippen MR) is 152 cm³/mol. The lowest BCUT2D eigenvalue weighted by Crippen LogP contribution is -2.32. The van der Waals surface area contributed by atoms with E-state index in [9.17, 15) is 9.18 Å². The highest BCUT2D eigenvalue weighted by molar-refractivity contribution is 7.80. The number of nitrogens with one attached hydrogen (secondary N) is 2. The van der Waals surface area contributed by atoms with Crippen molar-refractivity contribution in [2.75, 3.05) is 11.9 Å². The van der Waals surface area contributed by atoms with E-state index < -0.39 is 0 Å². The van der Waals surface area contributed by atoms with E-state index in [1.54, 1.807) is 18.3 Å². The number of rotatable bonds is 7. The van der Waals surface area contributed by atoms with Crippen LogP contribution in [0.4, 0.5) is 10.1 Å². The number of halogens is 1. The molecule has 8 heteroatoms. The molecule has 6 nitrogen and oxygen atoms in total. The summed E-state index contributed by atoms with van der Waals surface area (Å²) >= 11 is 5.79. The SMILES string of the molecule is Cc1ccc(NC(=O)CCN2C(=S)N[C@@H](c3ccccn3)[C@H]2c2cc(C)n(-c3ccc(F)cc3)c2C)cc1.